The third-order valence-electron chi connectivity index (χ3n) is 1.86. The van der Waals surface area contributed by atoms with Crippen LogP contribution in [0.3, 0.4) is 0 Å². The molecule has 16 heavy (non-hydrogen) atoms. The number of nitrogens with zero attached hydrogens (tertiary/aromatic N) is 2. The zero-order chi connectivity index (χ0) is 12.2. The van der Waals surface area contributed by atoms with Gasteiger partial charge in [-0.15, -0.1) is 0 Å². The number of amides is 1. The van der Waals surface area contributed by atoms with E-state index in [2.05, 4.69) is 10.4 Å². The molecule has 0 atom stereocenters. The van der Waals surface area contributed by atoms with Crippen molar-refractivity contribution in [1.29, 1.82) is 0 Å². The lowest BCUT2D eigenvalue weighted by Crippen LogP contribution is -2.27. The number of nitrogens with one attached hydrogen (secondary N) is 1. The number of sulfonamides is 1. The SMILES string of the molecule is Cn1cc(C(=O)NCCCS(N)(=O)=O)cn1. The van der Waals surface area contributed by atoms with Gasteiger partial charge in [-0.05, 0) is 6.42 Å². The van der Waals surface area contributed by atoms with E-state index in [0.29, 0.717) is 12.0 Å². The summed E-state index contributed by atoms with van der Waals surface area (Å²) in [6.07, 6.45) is 3.31. The second-order valence-electron chi connectivity index (χ2n) is 3.38. The first kappa shape index (κ1) is 12.7. The second kappa shape index (κ2) is 5.08. The molecule has 8 heteroatoms. The summed E-state index contributed by atoms with van der Waals surface area (Å²) in [5, 5.41) is 11.2. The van der Waals surface area contributed by atoms with E-state index in [-0.39, 0.29) is 18.2 Å². The molecule has 0 unspecified atom stereocenters. The van der Waals surface area contributed by atoms with Gasteiger partial charge in [0, 0.05) is 19.8 Å². The van der Waals surface area contributed by atoms with E-state index in [4.69, 9.17) is 5.14 Å². The van der Waals surface area contributed by atoms with Gasteiger partial charge in [0.05, 0.1) is 17.5 Å². The topological polar surface area (TPSA) is 107 Å². The van der Waals surface area contributed by atoms with E-state index in [0.717, 1.165) is 0 Å². The van der Waals surface area contributed by atoms with Crippen LogP contribution in [0.4, 0.5) is 0 Å². The highest BCUT2D eigenvalue weighted by Crippen LogP contribution is 1.95. The predicted octanol–water partition coefficient (Wildman–Crippen LogP) is -1.17. The van der Waals surface area contributed by atoms with Crippen molar-refractivity contribution in [3.63, 3.8) is 0 Å². The molecule has 0 aromatic carbocycles. The van der Waals surface area contributed by atoms with E-state index in [9.17, 15) is 13.2 Å². The van der Waals surface area contributed by atoms with Crippen LogP contribution in [0.25, 0.3) is 0 Å². The van der Waals surface area contributed by atoms with Crippen molar-refractivity contribution >= 4 is 15.9 Å². The number of primary sulfonamides is 1. The van der Waals surface area contributed by atoms with Crippen molar-refractivity contribution < 1.29 is 13.2 Å². The molecule has 0 aliphatic carbocycles. The van der Waals surface area contributed by atoms with Gasteiger partial charge in [0.1, 0.15) is 0 Å². The molecule has 90 valence electrons. The van der Waals surface area contributed by atoms with Gasteiger partial charge in [0.2, 0.25) is 10.0 Å². The number of carbonyl (C=O) groups is 1. The smallest absolute Gasteiger partial charge is 0.254 e. The molecule has 0 radical (unpaired) electrons. The zero-order valence-electron chi connectivity index (χ0n) is 8.88. The molecule has 3 N–H and O–H groups in total. The molecule has 1 aromatic heterocycles. The minimum atomic E-state index is -3.45. The zero-order valence-corrected chi connectivity index (χ0v) is 9.70. The largest absolute Gasteiger partial charge is 0.352 e. The predicted molar refractivity (Wildman–Crippen MR) is 58.1 cm³/mol. The van der Waals surface area contributed by atoms with Gasteiger partial charge in [-0.25, -0.2) is 13.6 Å². The van der Waals surface area contributed by atoms with Crippen molar-refractivity contribution in [2.24, 2.45) is 12.2 Å². The number of aromatic nitrogens is 2. The van der Waals surface area contributed by atoms with E-state index >= 15 is 0 Å². The highest BCUT2D eigenvalue weighted by Gasteiger charge is 2.07. The third kappa shape index (κ3) is 4.41. The summed E-state index contributed by atoms with van der Waals surface area (Å²) >= 11 is 0. The number of aryl methyl sites for hydroxylation is 1. The van der Waals surface area contributed by atoms with Crippen LogP contribution in [0.2, 0.25) is 0 Å². The standard InChI is InChI=1S/C8H14N4O3S/c1-12-6-7(5-11-12)8(13)10-3-2-4-16(9,14)15/h5-6H,2-4H2,1H3,(H,10,13)(H2,9,14,15). The maximum Gasteiger partial charge on any atom is 0.254 e. The maximum atomic E-state index is 11.4. The van der Waals surface area contributed by atoms with Gasteiger partial charge in [0.15, 0.2) is 0 Å². The highest BCUT2D eigenvalue weighted by molar-refractivity contribution is 7.89. The second-order valence-corrected chi connectivity index (χ2v) is 5.11. The fourth-order valence-corrected chi connectivity index (χ4v) is 1.66. The van der Waals surface area contributed by atoms with E-state index in [1.807, 2.05) is 0 Å². The van der Waals surface area contributed by atoms with Gasteiger partial charge in [-0.3, -0.25) is 9.48 Å². The van der Waals surface area contributed by atoms with Crippen molar-refractivity contribution in [3.8, 4) is 0 Å². The Morgan fingerprint density at radius 3 is 2.81 bits per heavy atom. The van der Waals surface area contributed by atoms with E-state index in [1.165, 1.54) is 10.9 Å². The lowest BCUT2D eigenvalue weighted by Gasteiger charge is -2.02. The van der Waals surface area contributed by atoms with Gasteiger partial charge in [-0.1, -0.05) is 0 Å². The minimum Gasteiger partial charge on any atom is -0.352 e. The summed E-state index contributed by atoms with van der Waals surface area (Å²) in [6.45, 7) is 0.268. The Hall–Kier alpha value is -1.41. The number of hydrogen-bond donors (Lipinski definition) is 2. The Kier molecular flexibility index (Phi) is 4.02. The lowest BCUT2D eigenvalue weighted by atomic mass is 10.3. The van der Waals surface area contributed by atoms with Crippen LogP contribution >= 0.6 is 0 Å². The van der Waals surface area contributed by atoms with Crippen molar-refractivity contribution in [2.75, 3.05) is 12.3 Å². The maximum absolute atomic E-state index is 11.4. The molecular formula is C8H14N4O3S. The first-order chi connectivity index (χ1) is 7.38. The van der Waals surface area contributed by atoms with Gasteiger partial charge in [-0.2, -0.15) is 5.10 Å². The van der Waals surface area contributed by atoms with E-state index < -0.39 is 10.0 Å². The quantitative estimate of drug-likeness (QED) is 0.638. The Balaban J connectivity index is 2.31. The fourth-order valence-electron chi connectivity index (χ4n) is 1.12. The summed E-state index contributed by atoms with van der Waals surface area (Å²) in [5.74, 6) is -0.414. The molecule has 1 rings (SSSR count). The molecule has 1 amide bonds. The molecule has 0 bridgehead atoms. The molecule has 0 aliphatic heterocycles. The number of carbonyl (C=O) groups excluding carboxylic acids is 1. The normalized spacial score (nSPS) is 11.4. The summed E-state index contributed by atoms with van der Waals surface area (Å²) < 4.78 is 22.7. The lowest BCUT2D eigenvalue weighted by molar-refractivity contribution is 0.0953. The van der Waals surface area contributed by atoms with Crippen molar-refractivity contribution in [1.82, 2.24) is 15.1 Å². The van der Waals surface area contributed by atoms with E-state index in [1.54, 1.807) is 13.2 Å². The Morgan fingerprint density at radius 1 is 1.62 bits per heavy atom. The Morgan fingerprint density at radius 2 is 2.31 bits per heavy atom. The minimum absolute atomic E-state index is 0.139. The molecule has 1 heterocycles. The number of rotatable bonds is 5. The Labute approximate surface area is 93.7 Å². The van der Waals surface area contributed by atoms with Crippen LogP contribution in [0.15, 0.2) is 12.4 Å². The summed E-state index contributed by atoms with van der Waals surface area (Å²) in [6, 6.07) is 0. The molecule has 0 spiro atoms. The highest BCUT2D eigenvalue weighted by atomic mass is 32.2. The first-order valence-corrected chi connectivity index (χ1v) is 6.37. The van der Waals surface area contributed by atoms with Crippen LogP contribution in [0.1, 0.15) is 16.8 Å². The molecule has 0 saturated heterocycles. The monoisotopic (exact) mass is 246 g/mol. The summed E-state index contributed by atoms with van der Waals surface area (Å²) in [7, 11) is -1.74. The number of nitrogens with two attached hydrogens (primary N) is 1. The van der Waals surface area contributed by atoms with Crippen molar-refractivity contribution in [2.45, 2.75) is 6.42 Å². The van der Waals surface area contributed by atoms with Crippen molar-refractivity contribution in [3.05, 3.63) is 18.0 Å². The fraction of sp³-hybridized carbons (Fsp3) is 0.500. The van der Waals surface area contributed by atoms with Crippen LogP contribution in [-0.4, -0.2) is 36.4 Å². The van der Waals surface area contributed by atoms with Crippen LogP contribution < -0.4 is 10.5 Å². The van der Waals surface area contributed by atoms with Gasteiger partial charge < -0.3 is 5.32 Å². The molecule has 7 nitrogen and oxygen atoms in total. The third-order valence-corrected chi connectivity index (χ3v) is 2.72. The molecule has 1 aromatic rings. The summed E-state index contributed by atoms with van der Waals surface area (Å²) in [4.78, 5) is 11.4. The molecule has 0 saturated carbocycles. The summed E-state index contributed by atoms with van der Waals surface area (Å²) in [5.41, 5.74) is 0.443. The first-order valence-electron chi connectivity index (χ1n) is 4.66. The van der Waals surface area contributed by atoms with Gasteiger partial charge in [0.25, 0.3) is 5.91 Å². The van der Waals surface area contributed by atoms with Gasteiger partial charge >= 0.3 is 0 Å². The van der Waals surface area contributed by atoms with Crippen LogP contribution in [0.5, 0.6) is 0 Å². The molecular weight excluding hydrogens is 232 g/mol. The number of hydrogen-bond acceptors (Lipinski definition) is 4. The average molecular weight is 246 g/mol. The van der Waals surface area contributed by atoms with Crippen LogP contribution in [-0.2, 0) is 17.1 Å². The van der Waals surface area contributed by atoms with Crippen LogP contribution in [0, 0.1) is 0 Å². The molecule has 0 aliphatic rings. The average Bonchev–Trinajstić information content (AvgIpc) is 2.57. The Bertz CT molecular complexity index is 465. The molecule has 0 fully saturated rings.